The van der Waals surface area contributed by atoms with E-state index < -0.39 is 5.82 Å². The number of ether oxygens (including phenoxy) is 2. The fourth-order valence-corrected chi connectivity index (χ4v) is 4.03. The van der Waals surface area contributed by atoms with Crippen molar-refractivity contribution in [3.63, 3.8) is 0 Å². The van der Waals surface area contributed by atoms with Crippen LogP contribution in [0.3, 0.4) is 0 Å². The zero-order valence-electron chi connectivity index (χ0n) is 18.3. The van der Waals surface area contributed by atoms with Gasteiger partial charge < -0.3 is 19.7 Å². The summed E-state index contributed by atoms with van der Waals surface area (Å²) in [4.78, 5) is 19.8. The van der Waals surface area contributed by atoms with E-state index in [9.17, 15) is 9.18 Å². The number of pyridine rings is 1. The molecule has 1 atom stereocenters. The first-order valence-corrected chi connectivity index (χ1v) is 10.7. The molecule has 0 spiro atoms. The molecule has 1 aliphatic rings. The number of hydrogen-bond donors (Lipinski definition) is 1. The molecule has 7 heteroatoms. The van der Waals surface area contributed by atoms with Crippen molar-refractivity contribution >= 4 is 16.8 Å². The molecule has 0 aliphatic carbocycles. The van der Waals surface area contributed by atoms with Gasteiger partial charge in [0.15, 0.2) is 0 Å². The van der Waals surface area contributed by atoms with Crippen LogP contribution in [-0.2, 0) is 4.74 Å². The Morgan fingerprint density at radius 3 is 2.80 bits per heavy atom. The molecule has 0 bridgehead atoms. The number of carbonyl (C=O) groups is 1. The molecule has 1 amide bonds. The predicted octanol–water partition coefficient (Wildman–Crippen LogP) is 3.70. The third-order valence-corrected chi connectivity index (χ3v) is 5.40. The summed E-state index contributed by atoms with van der Waals surface area (Å²) in [5, 5.41) is 3.94. The number of amides is 1. The Bertz CT molecular complexity index is 882. The standard InChI is InChI=1S/C23H32FN3O3/c1-15(2)27(17-7-5-8-25-14-17)23(28)20-13-21(30-10-6-9-29-4)18-11-16(3)12-19(24)22(18)26-20/h11-13,15,17,25H,5-10,14H2,1-4H3/t17-/m0/s1. The lowest BCUT2D eigenvalue weighted by atomic mass is 10.0. The van der Waals surface area contributed by atoms with E-state index in [0.29, 0.717) is 30.8 Å². The van der Waals surface area contributed by atoms with E-state index in [0.717, 1.165) is 31.5 Å². The second-order valence-electron chi connectivity index (χ2n) is 8.15. The van der Waals surface area contributed by atoms with Gasteiger partial charge in [-0.15, -0.1) is 0 Å². The van der Waals surface area contributed by atoms with Crippen LogP contribution in [0.5, 0.6) is 5.75 Å². The van der Waals surface area contributed by atoms with Gasteiger partial charge in [-0.25, -0.2) is 9.37 Å². The minimum atomic E-state index is -0.447. The number of halogens is 1. The molecule has 30 heavy (non-hydrogen) atoms. The average Bonchev–Trinajstić information content (AvgIpc) is 2.72. The van der Waals surface area contributed by atoms with Gasteiger partial charge in [0.05, 0.1) is 6.61 Å². The van der Waals surface area contributed by atoms with Gasteiger partial charge in [-0.1, -0.05) is 0 Å². The van der Waals surface area contributed by atoms with Gasteiger partial charge in [0.2, 0.25) is 0 Å². The van der Waals surface area contributed by atoms with Crippen molar-refractivity contribution in [2.24, 2.45) is 0 Å². The molecule has 0 saturated carbocycles. The number of aromatic nitrogens is 1. The number of piperidine rings is 1. The lowest BCUT2D eigenvalue weighted by Gasteiger charge is -2.37. The molecule has 1 aromatic carbocycles. The van der Waals surface area contributed by atoms with Crippen molar-refractivity contribution in [2.45, 2.75) is 52.1 Å². The zero-order chi connectivity index (χ0) is 21.7. The fraction of sp³-hybridized carbons (Fsp3) is 0.565. The maximum absolute atomic E-state index is 14.8. The normalized spacial score (nSPS) is 16.8. The van der Waals surface area contributed by atoms with Crippen molar-refractivity contribution in [3.8, 4) is 5.75 Å². The molecule has 2 heterocycles. The zero-order valence-corrected chi connectivity index (χ0v) is 18.3. The second kappa shape index (κ2) is 10.2. The molecule has 6 nitrogen and oxygen atoms in total. The van der Waals surface area contributed by atoms with Crippen molar-refractivity contribution in [1.82, 2.24) is 15.2 Å². The Balaban J connectivity index is 2.00. The first-order valence-electron chi connectivity index (χ1n) is 10.7. The monoisotopic (exact) mass is 417 g/mol. The van der Waals surface area contributed by atoms with E-state index in [1.54, 1.807) is 13.2 Å². The van der Waals surface area contributed by atoms with Gasteiger partial charge >= 0.3 is 0 Å². The molecule has 164 valence electrons. The summed E-state index contributed by atoms with van der Waals surface area (Å²) >= 11 is 0. The number of benzene rings is 1. The van der Waals surface area contributed by atoms with Crippen molar-refractivity contribution in [1.29, 1.82) is 0 Å². The number of hydrogen-bond acceptors (Lipinski definition) is 5. The largest absolute Gasteiger partial charge is 0.493 e. The van der Waals surface area contributed by atoms with Crippen molar-refractivity contribution in [2.75, 3.05) is 33.4 Å². The Morgan fingerprint density at radius 2 is 2.13 bits per heavy atom. The van der Waals surface area contributed by atoms with Crippen LogP contribution in [0.15, 0.2) is 18.2 Å². The third-order valence-electron chi connectivity index (χ3n) is 5.40. The van der Waals surface area contributed by atoms with Gasteiger partial charge in [0, 0.05) is 50.2 Å². The van der Waals surface area contributed by atoms with Crippen molar-refractivity contribution < 1.29 is 18.7 Å². The average molecular weight is 418 g/mol. The summed E-state index contributed by atoms with van der Waals surface area (Å²) in [6.07, 6.45) is 2.66. The minimum Gasteiger partial charge on any atom is -0.493 e. The highest BCUT2D eigenvalue weighted by atomic mass is 19.1. The number of carbonyl (C=O) groups excluding carboxylic acids is 1. The highest BCUT2D eigenvalue weighted by Gasteiger charge is 2.30. The fourth-order valence-electron chi connectivity index (χ4n) is 4.03. The van der Waals surface area contributed by atoms with Gasteiger partial charge in [-0.3, -0.25) is 4.79 Å². The summed E-state index contributed by atoms with van der Waals surface area (Å²) in [5.41, 5.74) is 1.16. The first kappa shape index (κ1) is 22.4. The maximum atomic E-state index is 14.8. The molecular weight excluding hydrogens is 385 g/mol. The number of nitrogens with one attached hydrogen (secondary N) is 1. The summed E-state index contributed by atoms with van der Waals surface area (Å²) in [5.74, 6) is -0.160. The Kier molecular flexibility index (Phi) is 7.61. The summed E-state index contributed by atoms with van der Waals surface area (Å²) in [6, 6.07) is 5.04. The van der Waals surface area contributed by atoms with E-state index in [-0.39, 0.29) is 29.2 Å². The summed E-state index contributed by atoms with van der Waals surface area (Å²) in [6.45, 7) is 8.53. The van der Waals surface area contributed by atoms with Gasteiger partial charge in [-0.05, 0) is 57.9 Å². The van der Waals surface area contributed by atoms with E-state index in [1.165, 1.54) is 6.07 Å². The number of aryl methyl sites for hydroxylation is 1. The second-order valence-corrected chi connectivity index (χ2v) is 8.15. The quantitative estimate of drug-likeness (QED) is 0.664. The molecule has 1 aliphatic heterocycles. The smallest absolute Gasteiger partial charge is 0.273 e. The van der Waals surface area contributed by atoms with Crippen LogP contribution >= 0.6 is 0 Å². The predicted molar refractivity (Wildman–Crippen MR) is 116 cm³/mol. The number of methoxy groups -OCH3 is 1. The Morgan fingerprint density at radius 1 is 1.33 bits per heavy atom. The Hall–Kier alpha value is -2.25. The lowest BCUT2D eigenvalue weighted by molar-refractivity contribution is 0.0567. The minimum absolute atomic E-state index is 0.00818. The van der Waals surface area contributed by atoms with Crippen LogP contribution in [0.25, 0.3) is 10.9 Å². The molecule has 0 unspecified atom stereocenters. The number of rotatable bonds is 8. The van der Waals surface area contributed by atoms with Gasteiger partial charge in [0.1, 0.15) is 22.8 Å². The first-order chi connectivity index (χ1) is 14.4. The summed E-state index contributed by atoms with van der Waals surface area (Å²) in [7, 11) is 1.64. The number of fused-ring (bicyclic) bond motifs is 1. The van der Waals surface area contributed by atoms with Crippen LogP contribution < -0.4 is 10.1 Å². The van der Waals surface area contributed by atoms with Crippen LogP contribution in [0, 0.1) is 12.7 Å². The van der Waals surface area contributed by atoms with Crippen molar-refractivity contribution in [3.05, 3.63) is 35.3 Å². The molecule has 1 saturated heterocycles. The van der Waals surface area contributed by atoms with E-state index in [1.807, 2.05) is 31.7 Å². The van der Waals surface area contributed by atoms with E-state index >= 15 is 0 Å². The van der Waals surface area contributed by atoms with Crippen LogP contribution in [0.1, 0.15) is 49.2 Å². The van der Waals surface area contributed by atoms with Gasteiger partial charge in [-0.2, -0.15) is 0 Å². The molecule has 1 N–H and O–H groups in total. The summed E-state index contributed by atoms with van der Waals surface area (Å²) < 4.78 is 25.8. The topological polar surface area (TPSA) is 63.7 Å². The van der Waals surface area contributed by atoms with Crippen LogP contribution in [-0.4, -0.2) is 61.3 Å². The molecule has 2 aromatic rings. The molecular formula is C23H32FN3O3. The SMILES string of the molecule is COCCCOc1cc(C(=O)N(C(C)C)[C@H]2CCCNC2)nc2c(F)cc(C)cc12. The van der Waals surface area contributed by atoms with Gasteiger partial charge in [0.25, 0.3) is 5.91 Å². The van der Waals surface area contributed by atoms with E-state index in [2.05, 4.69) is 10.3 Å². The number of nitrogens with zero attached hydrogens (tertiary/aromatic N) is 2. The van der Waals surface area contributed by atoms with Crippen LogP contribution in [0.4, 0.5) is 4.39 Å². The third kappa shape index (κ3) is 5.08. The molecule has 1 aromatic heterocycles. The molecule has 0 radical (unpaired) electrons. The molecule has 1 fully saturated rings. The van der Waals surface area contributed by atoms with Crippen LogP contribution in [0.2, 0.25) is 0 Å². The highest BCUT2D eigenvalue weighted by molar-refractivity contribution is 5.97. The lowest BCUT2D eigenvalue weighted by Crippen LogP contribution is -2.51. The Labute approximate surface area is 177 Å². The highest BCUT2D eigenvalue weighted by Crippen LogP contribution is 2.30. The maximum Gasteiger partial charge on any atom is 0.273 e. The van der Waals surface area contributed by atoms with E-state index in [4.69, 9.17) is 9.47 Å². The molecule has 3 rings (SSSR count).